The van der Waals surface area contributed by atoms with E-state index in [9.17, 15) is 5.11 Å². The predicted molar refractivity (Wildman–Crippen MR) is 62.1 cm³/mol. The van der Waals surface area contributed by atoms with Gasteiger partial charge in [-0.3, -0.25) is 0 Å². The summed E-state index contributed by atoms with van der Waals surface area (Å²) in [5, 5.41) is 18.4. The molecule has 0 fully saturated rings. The number of halogens is 2. The fourth-order valence-electron chi connectivity index (χ4n) is 1.16. The van der Waals surface area contributed by atoms with Crippen LogP contribution in [0.1, 0.15) is 18.0 Å². The van der Waals surface area contributed by atoms with E-state index < -0.39 is 0 Å². The maximum absolute atomic E-state index is 9.69. The number of nitrogens with two attached hydrogens (primary N) is 1. The van der Waals surface area contributed by atoms with Crippen LogP contribution >= 0.6 is 31.9 Å². The lowest BCUT2D eigenvalue weighted by Gasteiger charge is -2.13. The molecule has 0 spiro atoms. The maximum Gasteiger partial charge on any atom is 0.134 e. The van der Waals surface area contributed by atoms with Crippen LogP contribution in [0.4, 0.5) is 0 Å². The van der Waals surface area contributed by atoms with Crippen LogP contribution in [0, 0.1) is 0 Å². The Morgan fingerprint density at radius 3 is 2.57 bits per heavy atom. The third kappa shape index (κ3) is 2.70. The first-order valence-corrected chi connectivity index (χ1v) is 5.69. The van der Waals surface area contributed by atoms with Gasteiger partial charge in [0.05, 0.1) is 4.47 Å². The summed E-state index contributed by atoms with van der Waals surface area (Å²) in [6.45, 7) is 0.00470. The van der Waals surface area contributed by atoms with E-state index in [2.05, 4.69) is 31.9 Å². The van der Waals surface area contributed by atoms with Crippen molar-refractivity contribution in [3.63, 3.8) is 0 Å². The number of aliphatic hydroxyl groups excluding tert-OH is 1. The Bertz CT molecular complexity index is 331. The average molecular weight is 325 g/mol. The molecule has 0 aromatic heterocycles. The quantitative estimate of drug-likeness (QED) is 0.799. The Kier molecular flexibility index (Phi) is 4.37. The first kappa shape index (κ1) is 12.0. The molecule has 5 heteroatoms. The molecule has 1 aromatic carbocycles. The average Bonchev–Trinajstić information content (AvgIpc) is 2.11. The Morgan fingerprint density at radius 2 is 2.00 bits per heavy atom. The summed E-state index contributed by atoms with van der Waals surface area (Å²) in [5.74, 6) is 0.133. The first-order chi connectivity index (χ1) is 6.56. The predicted octanol–water partition coefficient (Wildman–Crippen LogP) is 2.30. The highest BCUT2D eigenvalue weighted by molar-refractivity contribution is 9.11. The second-order valence-electron chi connectivity index (χ2n) is 2.94. The SMILES string of the molecule is N[C@@H](CCO)c1cc(Br)cc(Br)c1O. The van der Waals surface area contributed by atoms with E-state index >= 15 is 0 Å². The van der Waals surface area contributed by atoms with Crippen LogP contribution in [0.2, 0.25) is 0 Å². The molecule has 0 heterocycles. The third-order valence-corrected chi connectivity index (χ3v) is 2.96. The summed E-state index contributed by atoms with van der Waals surface area (Å²) in [4.78, 5) is 0. The fraction of sp³-hybridized carbons (Fsp3) is 0.333. The van der Waals surface area contributed by atoms with Crippen LogP contribution in [0.5, 0.6) is 5.75 Å². The summed E-state index contributed by atoms with van der Waals surface area (Å²) >= 11 is 6.53. The fourth-order valence-corrected chi connectivity index (χ4v) is 2.42. The second kappa shape index (κ2) is 5.11. The van der Waals surface area contributed by atoms with E-state index in [4.69, 9.17) is 10.8 Å². The lowest BCUT2D eigenvalue weighted by atomic mass is 10.0. The maximum atomic E-state index is 9.69. The van der Waals surface area contributed by atoms with E-state index in [0.29, 0.717) is 16.5 Å². The van der Waals surface area contributed by atoms with Crippen LogP contribution in [0.3, 0.4) is 0 Å². The van der Waals surface area contributed by atoms with Crippen molar-refractivity contribution in [2.45, 2.75) is 12.5 Å². The summed E-state index contributed by atoms with van der Waals surface area (Å²) in [6, 6.07) is 3.14. The smallest absolute Gasteiger partial charge is 0.134 e. The van der Waals surface area contributed by atoms with E-state index in [0.717, 1.165) is 4.47 Å². The molecule has 0 unspecified atom stereocenters. The Morgan fingerprint density at radius 1 is 1.36 bits per heavy atom. The van der Waals surface area contributed by atoms with Gasteiger partial charge in [-0.1, -0.05) is 15.9 Å². The van der Waals surface area contributed by atoms with Gasteiger partial charge >= 0.3 is 0 Å². The molecule has 0 saturated heterocycles. The van der Waals surface area contributed by atoms with Gasteiger partial charge in [0.1, 0.15) is 5.75 Å². The molecule has 0 radical (unpaired) electrons. The van der Waals surface area contributed by atoms with Crippen LogP contribution < -0.4 is 5.73 Å². The van der Waals surface area contributed by atoms with Crippen molar-refractivity contribution in [3.05, 3.63) is 26.6 Å². The molecule has 78 valence electrons. The van der Waals surface area contributed by atoms with Crippen LogP contribution in [0.15, 0.2) is 21.1 Å². The van der Waals surface area contributed by atoms with Crippen molar-refractivity contribution < 1.29 is 10.2 Å². The standard InChI is InChI=1S/C9H11Br2NO2/c10-5-3-6(8(12)1-2-13)9(14)7(11)4-5/h3-4,8,13-14H,1-2,12H2/t8-/m0/s1. The number of phenols is 1. The molecule has 0 saturated carbocycles. The Hall–Kier alpha value is -0.100. The summed E-state index contributed by atoms with van der Waals surface area (Å²) in [5.41, 5.74) is 6.41. The number of hydrogen-bond donors (Lipinski definition) is 3. The number of phenolic OH excluding ortho intramolecular Hbond substituents is 1. The van der Waals surface area contributed by atoms with Gasteiger partial charge < -0.3 is 15.9 Å². The van der Waals surface area contributed by atoms with E-state index in [1.807, 2.05) is 0 Å². The molecular weight excluding hydrogens is 314 g/mol. The summed E-state index contributed by atoms with van der Waals surface area (Å²) in [6.07, 6.45) is 0.427. The van der Waals surface area contributed by atoms with Gasteiger partial charge in [0.2, 0.25) is 0 Å². The van der Waals surface area contributed by atoms with Crippen LogP contribution in [-0.4, -0.2) is 16.8 Å². The van der Waals surface area contributed by atoms with Gasteiger partial charge in [-0.15, -0.1) is 0 Å². The molecule has 0 aliphatic heterocycles. The lowest BCUT2D eigenvalue weighted by molar-refractivity contribution is 0.275. The largest absolute Gasteiger partial charge is 0.506 e. The highest BCUT2D eigenvalue weighted by Crippen LogP contribution is 2.35. The van der Waals surface area contributed by atoms with Crippen molar-refractivity contribution in [1.82, 2.24) is 0 Å². The van der Waals surface area contributed by atoms with Gasteiger partial charge in [0.15, 0.2) is 0 Å². The lowest BCUT2D eigenvalue weighted by Crippen LogP contribution is -2.12. The zero-order chi connectivity index (χ0) is 10.7. The molecule has 3 nitrogen and oxygen atoms in total. The molecule has 0 aliphatic carbocycles. The van der Waals surface area contributed by atoms with Gasteiger partial charge in [0, 0.05) is 22.7 Å². The number of rotatable bonds is 3. The van der Waals surface area contributed by atoms with E-state index in [1.165, 1.54) is 0 Å². The molecule has 1 rings (SSSR count). The van der Waals surface area contributed by atoms with E-state index in [1.54, 1.807) is 12.1 Å². The van der Waals surface area contributed by atoms with Gasteiger partial charge in [-0.05, 0) is 34.5 Å². The summed E-state index contributed by atoms with van der Waals surface area (Å²) in [7, 11) is 0. The van der Waals surface area contributed by atoms with Crippen LogP contribution in [-0.2, 0) is 0 Å². The Balaban J connectivity index is 3.07. The van der Waals surface area contributed by atoms with Crippen molar-refractivity contribution >= 4 is 31.9 Å². The minimum atomic E-state index is -0.353. The molecule has 4 N–H and O–H groups in total. The minimum Gasteiger partial charge on any atom is -0.506 e. The number of aromatic hydroxyl groups is 1. The molecule has 14 heavy (non-hydrogen) atoms. The molecule has 0 amide bonds. The third-order valence-electron chi connectivity index (χ3n) is 1.90. The van der Waals surface area contributed by atoms with Crippen molar-refractivity contribution in [1.29, 1.82) is 0 Å². The summed E-state index contributed by atoms with van der Waals surface area (Å²) < 4.78 is 1.43. The molecule has 0 bridgehead atoms. The minimum absolute atomic E-state index is 0.00470. The second-order valence-corrected chi connectivity index (χ2v) is 4.71. The van der Waals surface area contributed by atoms with Crippen LogP contribution in [0.25, 0.3) is 0 Å². The van der Waals surface area contributed by atoms with Crippen molar-refractivity contribution in [2.24, 2.45) is 5.73 Å². The molecule has 1 aromatic rings. The van der Waals surface area contributed by atoms with Crippen molar-refractivity contribution in [2.75, 3.05) is 6.61 Å². The monoisotopic (exact) mass is 323 g/mol. The topological polar surface area (TPSA) is 66.5 Å². The highest BCUT2D eigenvalue weighted by atomic mass is 79.9. The van der Waals surface area contributed by atoms with Gasteiger partial charge in [0.25, 0.3) is 0 Å². The molecule has 1 atom stereocenters. The zero-order valence-electron chi connectivity index (χ0n) is 7.37. The molecule has 0 aliphatic rings. The highest BCUT2D eigenvalue weighted by Gasteiger charge is 2.13. The Labute approximate surface area is 99.2 Å². The van der Waals surface area contributed by atoms with Gasteiger partial charge in [-0.2, -0.15) is 0 Å². The number of hydrogen-bond acceptors (Lipinski definition) is 3. The van der Waals surface area contributed by atoms with Crippen molar-refractivity contribution in [3.8, 4) is 5.75 Å². The number of benzene rings is 1. The van der Waals surface area contributed by atoms with Gasteiger partial charge in [-0.25, -0.2) is 0 Å². The number of aliphatic hydroxyl groups is 1. The normalized spacial score (nSPS) is 12.9. The zero-order valence-corrected chi connectivity index (χ0v) is 10.5. The molecular formula is C9H11Br2NO2. The first-order valence-electron chi connectivity index (χ1n) is 4.10. The van der Waals surface area contributed by atoms with E-state index in [-0.39, 0.29) is 18.4 Å².